The lowest BCUT2D eigenvalue weighted by atomic mass is 10.2. The van der Waals surface area contributed by atoms with Gasteiger partial charge in [0.05, 0.1) is 24.7 Å². The van der Waals surface area contributed by atoms with Crippen LogP contribution in [0.4, 0.5) is 5.69 Å². The summed E-state index contributed by atoms with van der Waals surface area (Å²) in [5, 5.41) is 0. The summed E-state index contributed by atoms with van der Waals surface area (Å²) in [6.07, 6.45) is 2.29. The topological polar surface area (TPSA) is 63.6 Å². The Bertz CT molecular complexity index is 436. The van der Waals surface area contributed by atoms with E-state index in [0.717, 1.165) is 18.8 Å². The fourth-order valence-electron chi connectivity index (χ4n) is 1.94. The Balaban J connectivity index is 3.33. The van der Waals surface area contributed by atoms with Crippen LogP contribution in [0.2, 0.25) is 0 Å². The van der Waals surface area contributed by atoms with E-state index in [-0.39, 0.29) is 0 Å². The Labute approximate surface area is 106 Å². The third kappa shape index (κ3) is 2.47. The molecule has 100 valence electrons. The molecule has 0 bridgehead atoms. The van der Waals surface area contributed by atoms with Crippen LogP contribution in [0.3, 0.4) is 0 Å². The average Bonchev–Trinajstić information content (AvgIpc) is 2.68. The Morgan fingerprint density at radius 1 is 1.50 bits per heavy atom. The van der Waals surface area contributed by atoms with Gasteiger partial charge in [0.1, 0.15) is 5.56 Å². The van der Waals surface area contributed by atoms with Gasteiger partial charge in [-0.15, -0.1) is 0 Å². The lowest BCUT2D eigenvalue weighted by molar-refractivity contribution is -0.106. The number of carbonyl (C=O) groups is 2. The molecule has 0 saturated carbocycles. The Kier molecular flexibility index (Phi) is 4.76. The molecule has 6 heteroatoms. The number of esters is 1. The standard InChI is InChI=1S/C12H19N3O3/c1-5-14(6-2)10-7-15(13-8-16)9(3)11(10)12(17)18-4/h7-8H,5-6H2,1-4H3,(H,13,16). The van der Waals surface area contributed by atoms with Crippen molar-refractivity contribution in [2.75, 3.05) is 30.5 Å². The van der Waals surface area contributed by atoms with Crippen LogP contribution in [-0.4, -0.2) is 37.3 Å². The maximum absolute atomic E-state index is 11.8. The summed E-state index contributed by atoms with van der Waals surface area (Å²) in [4.78, 5) is 24.4. The molecule has 1 amide bonds. The lowest BCUT2D eigenvalue weighted by Gasteiger charge is -2.20. The van der Waals surface area contributed by atoms with E-state index in [4.69, 9.17) is 4.74 Å². The average molecular weight is 253 g/mol. The molecular weight excluding hydrogens is 234 g/mol. The number of aromatic nitrogens is 1. The molecule has 0 fully saturated rings. The molecule has 1 heterocycles. The third-order valence-electron chi connectivity index (χ3n) is 2.92. The predicted molar refractivity (Wildman–Crippen MR) is 69.5 cm³/mol. The van der Waals surface area contributed by atoms with E-state index in [0.29, 0.717) is 17.7 Å². The van der Waals surface area contributed by atoms with E-state index >= 15 is 0 Å². The zero-order valence-corrected chi connectivity index (χ0v) is 11.2. The molecule has 0 unspecified atom stereocenters. The van der Waals surface area contributed by atoms with Gasteiger partial charge in [-0.2, -0.15) is 0 Å². The van der Waals surface area contributed by atoms with E-state index in [9.17, 15) is 9.59 Å². The van der Waals surface area contributed by atoms with Crippen LogP contribution in [0.25, 0.3) is 0 Å². The van der Waals surface area contributed by atoms with E-state index in [1.54, 1.807) is 13.1 Å². The van der Waals surface area contributed by atoms with E-state index < -0.39 is 5.97 Å². The van der Waals surface area contributed by atoms with Crippen LogP contribution in [0, 0.1) is 6.92 Å². The molecule has 0 radical (unpaired) electrons. The number of nitrogens with zero attached hydrogens (tertiary/aromatic N) is 2. The van der Waals surface area contributed by atoms with Gasteiger partial charge in [-0.25, -0.2) is 4.79 Å². The van der Waals surface area contributed by atoms with Crippen molar-refractivity contribution in [3.8, 4) is 0 Å². The first kappa shape index (κ1) is 14.1. The quantitative estimate of drug-likeness (QED) is 0.609. The molecule has 0 aliphatic heterocycles. The molecule has 1 rings (SSSR count). The first-order chi connectivity index (χ1) is 8.60. The summed E-state index contributed by atoms with van der Waals surface area (Å²) in [6.45, 7) is 7.31. The highest BCUT2D eigenvalue weighted by molar-refractivity contribution is 5.97. The fraction of sp³-hybridized carbons (Fsp3) is 0.500. The Morgan fingerprint density at radius 3 is 2.56 bits per heavy atom. The van der Waals surface area contributed by atoms with Crippen molar-refractivity contribution in [2.45, 2.75) is 20.8 Å². The molecule has 1 aromatic heterocycles. The minimum absolute atomic E-state index is 0.402. The number of anilines is 1. The summed E-state index contributed by atoms with van der Waals surface area (Å²) in [7, 11) is 1.35. The minimum Gasteiger partial charge on any atom is -0.465 e. The van der Waals surface area contributed by atoms with Crippen molar-refractivity contribution in [3.63, 3.8) is 0 Å². The van der Waals surface area contributed by atoms with Crippen LogP contribution in [-0.2, 0) is 9.53 Å². The number of hydrogen-bond donors (Lipinski definition) is 1. The number of amides is 1. The highest BCUT2D eigenvalue weighted by atomic mass is 16.5. The highest BCUT2D eigenvalue weighted by Crippen LogP contribution is 2.26. The minimum atomic E-state index is -0.402. The summed E-state index contributed by atoms with van der Waals surface area (Å²) in [5.41, 5.74) is 4.41. The molecule has 0 spiro atoms. The molecule has 1 aromatic rings. The maximum Gasteiger partial charge on any atom is 0.341 e. The molecule has 0 saturated heterocycles. The molecule has 0 aliphatic rings. The normalized spacial score (nSPS) is 10.0. The van der Waals surface area contributed by atoms with Crippen LogP contribution >= 0.6 is 0 Å². The van der Waals surface area contributed by atoms with E-state index in [1.807, 2.05) is 18.7 Å². The second kappa shape index (κ2) is 6.09. The van der Waals surface area contributed by atoms with Crippen LogP contribution in [0.15, 0.2) is 6.20 Å². The molecular formula is C12H19N3O3. The maximum atomic E-state index is 11.8. The molecule has 0 aliphatic carbocycles. The number of ether oxygens (including phenoxy) is 1. The number of carbonyl (C=O) groups excluding carboxylic acids is 2. The van der Waals surface area contributed by atoms with Crippen molar-refractivity contribution in [1.29, 1.82) is 0 Å². The number of methoxy groups -OCH3 is 1. The fourth-order valence-corrected chi connectivity index (χ4v) is 1.94. The molecule has 0 atom stereocenters. The predicted octanol–water partition coefficient (Wildman–Crippen LogP) is 1.13. The van der Waals surface area contributed by atoms with Crippen LogP contribution < -0.4 is 10.3 Å². The first-order valence-electron chi connectivity index (χ1n) is 5.86. The largest absolute Gasteiger partial charge is 0.465 e. The van der Waals surface area contributed by atoms with E-state index in [1.165, 1.54) is 11.8 Å². The zero-order chi connectivity index (χ0) is 13.7. The van der Waals surface area contributed by atoms with Crippen LogP contribution in [0.5, 0.6) is 0 Å². The molecule has 18 heavy (non-hydrogen) atoms. The Morgan fingerprint density at radius 2 is 2.11 bits per heavy atom. The van der Waals surface area contributed by atoms with Gasteiger partial charge >= 0.3 is 5.97 Å². The monoisotopic (exact) mass is 253 g/mol. The number of rotatable bonds is 6. The van der Waals surface area contributed by atoms with Gasteiger partial charge in [0, 0.05) is 13.1 Å². The van der Waals surface area contributed by atoms with E-state index in [2.05, 4.69) is 5.43 Å². The summed E-state index contributed by atoms with van der Waals surface area (Å²) in [6, 6.07) is 0. The van der Waals surface area contributed by atoms with Crippen LogP contribution in [0.1, 0.15) is 29.9 Å². The van der Waals surface area contributed by atoms with Gasteiger partial charge in [-0.3, -0.25) is 14.9 Å². The molecule has 0 aromatic carbocycles. The van der Waals surface area contributed by atoms with Crippen molar-refractivity contribution in [2.24, 2.45) is 0 Å². The van der Waals surface area contributed by atoms with Gasteiger partial charge in [0.25, 0.3) is 0 Å². The SMILES string of the molecule is CCN(CC)c1cn(NC=O)c(C)c1C(=O)OC. The smallest absolute Gasteiger partial charge is 0.341 e. The summed E-state index contributed by atoms with van der Waals surface area (Å²) >= 11 is 0. The number of hydrogen-bond acceptors (Lipinski definition) is 4. The second-order valence-electron chi connectivity index (χ2n) is 3.76. The molecule has 1 N–H and O–H groups in total. The van der Waals surface area contributed by atoms with Crippen molar-refractivity contribution in [3.05, 3.63) is 17.5 Å². The summed E-state index contributed by atoms with van der Waals surface area (Å²) in [5.74, 6) is -0.402. The molecule has 6 nitrogen and oxygen atoms in total. The first-order valence-corrected chi connectivity index (χ1v) is 5.86. The van der Waals surface area contributed by atoms with Gasteiger partial charge in [0.2, 0.25) is 6.41 Å². The second-order valence-corrected chi connectivity index (χ2v) is 3.76. The van der Waals surface area contributed by atoms with Gasteiger partial charge in [0.15, 0.2) is 0 Å². The highest BCUT2D eigenvalue weighted by Gasteiger charge is 2.22. The van der Waals surface area contributed by atoms with Crippen molar-refractivity contribution < 1.29 is 14.3 Å². The Hall–Kier alpha value is -1.98. The van der Waals surface area contributed by atoms with Gasteiger partial charge in [-0.1, -0.05) is 0 Å². The lowest BCUT2D eigenvalue weighted by Crippen LogP contribution is -2.23. The number of nitrogens with one attached hydrogen (secondary N) is 1. The van der Waals surface area contributed by atoms with Crippen molar-refractivity contribution >= 4 is 18.1 Å². The third-order valence-corrected chi connectivity index (χ3v) is 2.92. The summed E-state index contributed by atoms with van der Waals surface area (Å²) < 4.78 is 6.31. The zero-order valence-electron chi connectivity index (χ0n) is 11.2. The van der Waals surface area contributed by atoms with Gasteiger partial charge < -0.3 is 9.64 Å². The van der Waals surface area contributed by atoms with Crippen molar-refractivity contribution in [1.82, 2.24) is 4.68 Å². The van der Waals surface area contributed by atoms with Gasteiger partial charge in [-0.05, 0) is 20.8 Å².